The molecule has 2 N–H and O–H groups in total. The van der Waals surface area contributed by atoms with Gasteiger partial charge in [0.05, 0.1) is 0 Å². The molecule has 1 fully saturated rings. The molecule has 1 aliphatic heterocycles. The van der Waals surface area contributed by atoms with Crippen LogP contribution in [0.15, 0.2) is 0 Å². The predicted molar refractivity (Wildman–Crippen MR) is 59.0 cm³/mol. The normalized spacial score (nSPS) is 26.7. The summed E-state index contributed by atoms with van der Waals surface area (Å²) in [5.74, 6) is 0. The molecule has 0 aromatic rings. The van der Waals surface area contributed by atoms with Gasteiger partial charge in [0.1, 0.15) is 0 Å². The predicted octanol–water partition coefficient (Wildman–Crippen LogP) is 0.107. The van der Waals surface area contributed by atoms with Crippen LogP contribution in [0.2, 0.25) is 0 Å². The molecule has 1 heterocycles. The summed E-state index contributed by atoms with van der Waals surface area (Å²) < 4.78 is 24.4. The Morgan fingerprint density at radius 3 is 2.69 bits per heavy atom. The first-order valence-electron chi connectivity index (χ1n) is 4.65. The Labute approximate surface area is 82.8 Å². The van der Waals surface area contributed by atoms with Gasteiger partial charge in [0.25, 0.3) is 0 Å². The third-order valence-corrected chi connectivity index (χ3v) is 7.56. The van der Waals surface area contributed by atoms with Gasteiger partial charge < -0.3 is 0 Å². The van der Waals surface area contributed by atoms with Crippen molar-refractivity contribution >= 4 is 19.0 Å². The fraction of sp³-hybridized carbons (Fsp3) is 1.00. The van der Waals surface area contributed by atoms with Crippen molar-refractivity contribution in [1.82, 2.24) is 10.0 Å². The molecule has 0 aromatic carbocycles. The Bertz CT molecular complexity index is 155. The zero-order valence-electron chi connectivity index (χ0n) is 7.94. The molecule has 1 atom stereocenters. The first-order chi connectivity index (χ1) is 6.12. The molecule has 0 radical (unpaired) electrons. The SMILES string of the molecule is C[PH]1(CCN[S+]([O-])F)CCNCC1. The first kappa shape index (κ1) is 11.7. The van der Waals surface area contributed by atoms with Crippen molar-refractivity contribution in [3.8, 4) is 0 Å². The van der Waals surface area contributed by atoms with Crippen LogP contribution < -0.4 is 10.0 Å². The molecule has 13 heavy (non-hydrogen) atoms. The Morgan fingerprint density at radius 1 is 1.54 bits per heavy atom. The number of hydrogen-bond donors (Lipinski definition) is 2. The van der Waals surface area contributed by atoms with Crippen LogP contribution in [0.5, 0.6) is 0 Å². The Kier molecular flexibility index (Phi) is 4.90. The average Bonchev–Trinajstić information content (AvgIpc) is 2.04. The second-order valence-corrected chi connectivity index (χ2v) is 9.79. The second kappa shape index (κ2) is 5.47. The van der Waals surface area contributed by atoms with E-state index in [1.165, 1.54) is 12.3 Å². The summed E-state index contributed by atoms with van der Waals surface area (Å²) >= 11 is -2.33. The van der Waals surface area contributed by atoms with Gasteiger partial charge in [-0.1, -0.05) is 0 Å². The van der Waals surface area contributed by atoms with Crippen LogP contribution in [-0.2, 0) is 11.7 Å². The van der Waals surface area contributed by atoms with Crippen LogP contribution in [0.1, 0.15) is 0 Å². The van der Waals surface area contributed by atoms with E-state index in [-0.39, 0.29) is 0 Å². The van der Waals surface area contributed by atoms with Gasteiger partial charge in [-0.2, -0.15) is 0 Å². The van der Waals surface area contributed by atoms with Crippen LogP contribution >= 0.6 is 7.26 Å². The molecule has 3 nitrogen and oxygen atoms in total. The Hall–Kier alpha value is 0.590. The van der Waals surface area contributed by atoms with E-state index in [4.69, 9.17) is 0 Å². The minimum atomic E-state index is -2.33. The van der Waals surface area contributed by atoms with Crippen LogP contribution in [0.25, 0.3) is 0 Å². The zero-order chi connectivity index (χ0) is 9.73. The Balaban J connectivity index is 2.17. The molecule has 1 rings (SSSR count). The van der Waals surface area contributed by atoms with Crippen LogP contribution in [-0.4, -0.2) is 49.3 Å². The second-order valence-electron chi connectivity index (χ2n) is 3.93. The fourth-order valence-corrected chi connectivity index (χ4v) is 5.20. The van der Waals surface area contributed by atoms with E-state index in [1.54, 1.807) is 0 Å². The maximum absolute atomic E-state index is 11.9. The van der Waals surface area contributed by atoms with Gasteiger partial charge in [-0.15, -0.1) is 0 Å². The third-order valence-electron chi connectivity index (χ3n) is 2.75. The summed E-state index contributed by atoms with van der Waals surface area (Å²) in [4.78, 5) is 0. The first-order valence-corrected chi connectivity index (χ1v) is 8.82. The van der Waals surface area contributed by atoms with E-state index in [9.17, 15) is 8.44 Å². The van der Waals surface area contributed by atoms with E-state index in [2.05, 4.69) is 16.7 Å². The number of rotatable bonds is 4. The molecular weight excluding hydrogens is 210 g/mol. The number of halogens is 1. The molecule has 1 aliphatic rings. The van der Waals surface area contributed by atoms with Crippen molar-refractivity contribution in [3.05, 3.63) is 0 Å². The van der Waals surface area contributed by atoms with Gasteiger partial charge in [-0.05, 0) is 0 Å². The van der Waals surface area contributed by atoms with Crippen LogP contribution in [0.4, 0.5) is 3.89 Å². The van der Waals surface area contributed by atoms with Crippen molar-refractivity contribution in [2.75, 3.05) is 44.8 Å². The molecule has 0 aliphatic carbocycles. The summed E-state index contributed by atoms with van der Waals surface area (Å²) in [6.07, 6.45) is 3.55. The molecule has 0 aromatic heterocycles. The van der Waals surface area contributed by atoms with Crippen LogP contribution in [0.3, 0.4) is 0 Å². The standard InChI is InChI=1S/C7H18FN2OPS/c1-12(5-2-9-3-6-12)7-4-10-13(8)11/h9-10,12H,2-7H2,1H3. The van der Waals surface area contributed by atoms with E-state index in [0.717, 1.165) is 19.3 Å². The maximum atomic E-state index is 11.9. The van der Waals surface area contributed by atoms with Gasteiger partial charge in [0, 0.05) is 0 Å². The summed E-state index contributed by atoms with van der Waals surface area (Å²) in [5.41, 5.74) is 0. The molecule has 80 valence electrons. The number of hydrogen-bond acceptors (Lipinski definition) is 3. The van der Waals surface area contributed by atoms with Crippen molar-refractivity contribution in [3.63, 3.8) is 0 Å². The molecule has 6 heteroatoms. The zero-order valence-corrected chi connectivity index (χ0v) is 9.75. The summed E-state index contributed by atoms with van der Waals surface area (Å²) in [7, 11) is -1.13. The van der Waals surface area contributed by atoms with Crippen molar-refractivity contribution in [1.29, 1.82) is 0 Å². The minimum absolute atomic E-state index is 0.561. The van der Waals surface area contributed by atoms with Crippen molar-refractivity contribution in [2.45, 2.75) is 0 Å². The van der Waals surface area contributed by atoms with E-state index >= 15 is 0 Å². The van der Waals surface area contributed by atoms with Crippen molar-refractivity contribution in [2.24, 2.45) is 0 Å². The quantitative estimate of drug-likeness (QED) is 0.530. The molecular formula is C7H18FN2OPS. The molecule has 1 unspecified atom stereocenters. The van der Waals surface area contributed by atoms with Gasteiger partial charge >= 0.3 is 82.3 Å². The number of nitrogens with one attached hydrogen (secondary N) is 2. The van der Waals surface area contributed by atoms with Crippen LogP contribution in [0, 0.1) is 0 Å². The summed E-state index contributed by atoms with van der Waals surface area (Å²) in [6.45, 7) is 5.10. The van der Waals surface area contributed by atoms with Gasteiger partial charge in [-0.3, -0.25) is 0 Å². The average molecular weight is 228 g/mol. The van der Waals surface area contributed by atoms with E-state index in [0.29, 0.717) is 6.54 Å². The van der Waals surface area contributed by atoms with E-state index in [1.807, 2.05) is 0 Å². The van der Waals surface area contributed by atoms with Gasteiger partial charge in [0.15, 0.2) is 0 Å². The van der Waals surface area contributed by atoms with Crippen molar-refractivity contribution < 1.29 is 8.44 Å². The topological polar surface area (TPSA) is 47.1 Å². The fourth-order valence-electron chi connectivity index (χ4n) is 1.71. The van der Waals surface area contributed by atoms with Gasteiger partial charge in [-0.25, -0.2) is 0 Å². The Morgan fingerprint density at radius 2 is 2.15 bits per heavy atom. The summed E-state index contributed by atoms with van der Waals surface area (Å²) in [5, 5.41) is 3.32. The molecule has 0 amide bonds. The molecule has 0 bridgehead atoms. The van der Waals surface area contributed by atoms with Gasteiger partial charge in [0.2, 0.25) is 0 Å². The monoisotopic (exact) mass is 228 g/mol. The molecule has 1 saturated heterocycles. The molecule has 0 saturated carbocycles. The third kappa shape index (κ3) is 4.56. The summed E-state index contributed by atoms with van der Waals surface area (Å²) in [6, 6.07) is 0. The molecule has 0 spiro atoms. The van der Waals surface area contributed by atoms with E-state index < -0.39 is 19.0 Å².